The van der Waals surface area contributed by atoms with E-state index in [0.717, 1.165) is 18.4 Å². The van der Waals surface area contributed by atoms with Gasteiger partial charge in [0.15, 0.2) is 5.06 Å². The van der Waals surface area contributed by atoms with Crippen LogP contribution in [0.3, 0.4) is 0 Å². The molecule has 0 aromatic heterocycles. The summed E-state index contributed by atoms with van der Waals surface area (Å²) in [5, 5.41) is 14.0. The Labute approximate surface area is 121 Å². The molecule has 4 rings (SSSR count). The van der Waals surface area contributed by atoms with E-state index in [1.165, 1.54) is 6.42 Å². The highest BCUT2D eigenvalue weighted by Gasteiger charge is 2.59. The number of aliphatic hydroxyl groups is 1. The summed E-state index contributed by atoms with van der Waals surface area (Å²) in [6.07, 6.45) is 3.30. The zero-order valence-electron chi connectivity index (χ0n) is 10.1. The number of hydrogen-bond donors (Lipinski definition) is 1. The summed E-state index contributed by atoms with van der Waals surface area (Å²) in [4.78, 5) is 5.56. The number of benzene rings is 1. The average Bonchev–Trinajstić information content (AvgIpc) is 2.79. The first-order chi connectivity index (χ1) is 9.10. The molecule has 19 heavy (non-hydrogen) atoms. The van der Waals surface area contributed by atoms with E-state index in [-0.39, 0.29) is 12.0 Å². The molecular formula is C14H13Cl2NO2. The Morgan fingerprint density at radius 2 is 2.16 bits per heavy atom. The molecule has 0 amide bonds. The van der Waals surface area contributed by atoms with Crippen molar-refractivity contribution in [3.8, 4) is 0 Å². The summed E-state index contributed by atoms with van der Waals surface area (Å²) in [5.41, 5.74) is 2.10. The van der Waals surface area contributed by atoms with Crippen molar-refractivity contribution in [1.82, 2.24) is 0 Å². The fourth-order valence-electron chi connectivity index (χ4n) is 3.36. The van der Waals surface area contributed by atoms with Gasteiger partial charge in [-0.25, -0.2) is 0 Å². The minimum absolute atomic E-state index is 0.130. The predicted molar refractivity (Wildman–Crippen MR) is 73.4 cm³/mol. The molecule has 3 nitrogen and oxygen atoms in total. The molecule has 3 unspecified atom stereocenters. The van der Waals surface area contributed by atoms with Gasteiger partial charge in [0.2, 0.25) is 0 Å². The summed E-state index contributed by atoms with van der Waals surface area (Å²) in [6.45, 7) is 0. The van der Waals surface area contributed by atoms with E-state index in [1.807, 2.05) is 6.07 Å². The Kier molecular flexibility index (Phi) is 2.45. The lowest BCUT2D eigenvalue weighted by Gasteiger charge is -2.35. The molecule has 1 fully saturated rings. The maximum Gasteiger partial charge on any atom is 0.177 e. The third-order valence-electron chi connectivity index (χ3n) is 4.57. The van der Waals surface area contributed by atoms with Gasteiger partial charge in [-0.05, 0) is 24.8 Å². The SMILES string of the molecule is OC1(Cl)c2cccc(Cl)c2C2=NOC(C3CCC3)C21. The Balaban J connectivity index is 1.84. The predicted octanol–water partition coefficient (Wildman–Crippen LogP) is 3.26. The summed E-state index contributed by atoms with van der Waals surface area (Å²) >= 11 is 12.7. The molecule has 0 saturated heterocycles. The molecule has 0 bridgehead atoms. The Morgan fingerprint density at radius 1 is 1.37 bits per heavy atom. The van der Waals surface area contributed by atoms with E-state index in [1.54, 1.807) is 12.1 Å². The first-order valence-electron chi connectivity index (χ1n) is 6.55. The lowest BCUT2D eigenvalue weighted by Crippen LogP contribution is -2.41. The Morgan fingerprint density at radius 3 is 2.84 bits per heavy atom. The normalized spacial score (nSPS) is 36.3. The second-order valence-corrected chi connectivity index (χ2v) is 6.53. The van der Waals surface area contributed by atoms with Gasteiger partial charge in [-0.3, -0.25) is 0 Å². The van der Waals surface area contributed by atoms with Gasteiger partial charge in [-0.2, -0.15) is 0 Å². The highest BCUT2D eigenvalue weighted by molar-refractivity contribution is 6.37. The molecule has 1 aliphatic heterocycles. The topological polar surface area (TPSA) is 41.8 Å². The van der Waals surface area contributed by atoms with Crippen LogP contribution in [0.5, 0.6) is 0 Å². The number of rotatable bonds is 1. The highest BCUT2D eigenvalue weighted by atomic mass is 35.5. The first-order valence-corrected chi connectivity index (χ1v) is 7.30. The maximum absolute atomic E-state index is 10.7. The van der Waals surface area contributed by atoms with Crippen LogP contribution in [-0.2, 0) is 9.90 Å². The van der Waals surface area contributed by atoms with Crippen LogP contribution in [0, 0.1) is 11.8 Å². The van der Waals surface area contributed by atoms with Crippen molar-refractivity contribution in [2.75, 3.05) is 0 Å². The number of halogens is 2. The molecule has 5 heteroatoms. The number of oxime groups is 1. The third-order valence-corrected chi connectivity index (χ3v) is 5.32. The van der Waals surface area contributed by atoms with Crippen LogP contribution >= 0.6 is 23.2 Å². The quantitative estimate of drug-likeness (QED) is 0.809. The van der Waals surface area contributed by atoms with Gasteiger partial charge in [0, 0.05) is 11.1 Å². The van der Waals surface area contributed by atoms with E-state index in [9.17, 15) is 5.11 Å². The maximum atomic E-state index is 10.7. The van der Waals surface area contributed by atoms with Gasteiger partial charge < -0.3 is 9.94 Å². The molecule has 3 atom stereocenters. The smallest absolute Gasteiger partial charge is 0.177 e. The molecule has 100 valence electrons. The summed E-state index contributed by atoms with van der Waals surface area (Å²) < 4.78 is 0. The average molecular weight is 298 g/mol. The van der Waals surface area contributed by atoms with Gasteiger partial charge >= 0.3 is 0 Å². The molecule has 3 aliphatic rings. The van der Waals surface area contributed by atoms with E-state index in [0.29, 0.717) is 22.2 Å². The van der Waals surface area contributed by atoms with Crippen molar-refractivity contribution in [2.24, 2.45) is 17.0 Å². The van der Waals surface area contributed by atoms with Crippen LogP contribution in [0.25, 0.3) is 0 Å². The lowest BCUT2D eigenvalue weighted by atomic mass is 9.75. The summed E-state index contributed by atoms with van der Waals surface area (Å²) in [5.74, 6) is 0.124. The molecule has 2 aliphatic carbocycles. The van der Waals surface area contributed by atoms with Crippen molar-refractivity contribution in [3.63, 3.8) is 0 Å². The highest BCUT2D eigenvalue weighted by Crippen LogP contribution is 2.54. The number of hydrogen-bond acceptors (Lipinski definition) is 3. The number of alkyl halides is 1. The van der Waals surface area contributed by atoms with Crippen LogP contribution in [0.1, 0.15) is 30.4 Å². The second-order valence-electron chi connectivity index (χ2n) is 5.55. The molecule has 0 spiro atoms. The minimum Gasteiger partial charge on any atom is -0.391 e. The molecular weight excluding hydrogens is 285 g/mol. The van der Waals surface area contributed by atoms with E-state index >= 15 is 0 Å². The van der Waals surface area contributed by atoms with Gasteiger partial charge in [0.25, 0.3) is 0 Å². The number of nitrogens with zero attached hydrogens (tertiary/aromatic N) is 1. The molecule has 1 aromatic carbocycles. The Hall–Kier alpha value is -0.770. The zero-order chi connectivity index (χ0) is 13.2. The van der Waals surface area contributed by atoms with Crippen LogP contribution in [0.4, 0.5) is 0 Å². The van der Waals surface area contributed by atoms with Gasteiger partial charge in [-0.1, -0.05) is 46.9 Å². The molecule has 1 heterocycles. The van der Waals surface area contributed by atoms with Crippen molar-refractivity contribution in [1.29, 1.82) is 0 Å². The molecule has 1 saturated carbocycles. The standard InChI is InChI=1S/C14H13Cl2NO2/c15-9-6-2-5-8-10(9)12-11(14(8,16)18)13(19-17-12)7-3-1-4-7/h2,5-7,11,13,18H,1,3-4H2. The van der Waals surface area contributed by atoms with Gasteiger partial charge in [-0.15, -0.1) is 0 Å². The largest absolute Gasteiger partial charge is 0.391 e. The van der Waals surface area contributed by atoms with Crippen LogP contribution in [0.2, 0.25) is 5.02 Å². The van der Waals surface area contributed by atoms with E-state index in [4.69, 9.17) is 28.0 Å². The monoisotopic (exact) mass is 297 g/mol. The van der Waals surface area contributed by atoms with Crippen molar-refractivity contribution < 1.29 is 9.94 Å². The van der Waals surface area contributed by atoms with Crippen LogP contribution < -0.4 is 0 Å². The van der Waals surface area contributed by atoms with Crippen LogP contribution in [-0.4, -0.2) is 16.9 Å². The van der Waals surface area contributed by atoms with Crippen molar-refractivity contribution in [2.45, 2.75) is 30.4 Å². The van der Waals surface area contributed by atoms with Gasteiger partial charge in [0.1, 0.15) is 11.8 Å². The number of fused-ring (bicyclic) bond motifs is 3. The lowest BCUT2D eigenvalue weighted by molar-refractivity contribution is -0.0516. The minimum atomic E-state index is -1.46. The first kappa shape index (κ1) is 12.0. The third kappa shape index (κ3) is 1.47. The summed E-state index contributed by atoms with van der Waals surface area (Å²) in [7, 11) is 0. The molecule has 1 N–H and O–H groups in total. The zero-order valence-corrected chi connectivity index (χ0v) is 11.7. The Bertz CT molecular complexity index is 581. The fourth-order valence-corrected chi connectivity index (χ4v) is 4.02. The van der Waals surface area contributed by atoms with Crippen LogP contribution in [0.15, 0.2) is 23.4 Å². The van der Waals surface area contributed by atoms with Crippen molar-refractivity contribution in [3.05, 3.63) is 34.3 Å². The second kappa shape index (κ2) is 3.87. The molecule has 0 radical (unpaired) electrons. The van der Waals surface area contributed by atoms with E-state index in [2.05, 4.69) is 5.16 Å². The van der Waals surface area contributed by atoms with E-state index < -0.39 is 5.06 Å². The summed E-state index contributed by atoms with van der Waals surface area (Å²) in [6, 6.07) is 5.40. The van der Waals surface area contributed by atoms with Crippen molar-refractivity contribution >= 4 is 28.9 Å². The fraction of sp³-hybridized carbons (Fsp3) is 0.500. The van der Waals surface area contributed by atoms with Gasteiger partial charge in [0.05, 0.1) is 10.9 Å². The molecule has 1 aromatic rings.